The Morgan fingerprint density at radius 2 is 2.05 bits per heavy atom. The molecule has 2 atom stereocenters. The first kappa shape index (κ1) is 17.3. The van der Waals surface area contributed by atoms with Gasteiger partial charge in [-0.25, -0.2) is 0 Å². The van der Waals surface area contributed by atoms with E-state index in [-0.39, 0.29) is 6.54 Å². The van der Waals surface area contributed by atoms with Crippen LogP contribution in [0.4, 0.5) is 0 Å². The molecule has 5 heteroatoms. The number of carboxylic acids is 1. The minimum Gasteiger partial charge on any atom is -0.481 e. The molecule has 0 spiro atoms. The molecule has 112 valence electrons. The van der Waals surface area contributed by atoms with Crippen molar-refractivity contribution in [3.05, 3.63) is 33.8 Å². The minimum atomic E-state index is -0.805. The number of hydrogen-bond donors (Lipinski definition) is 2. The van der Waals surface area contributed by atoms with E-state index in [2.05, 4.69) is 6.92 Å². The van der Waals surface area contributed by atoms with Crippen LogP contribution in [0, 0.1) is 11.8 Å². The molecule has 20 heavy (non-hydrogen) atoms. The summed E-state index contributed by atoms with van der Waals surface area (Å²) < 4.78 is 0. The molecule has 3 N–H and O–H groups in total. The fourth-order valence-electron chi connectivity index (χ4n) is 2.25. The Kier molecular flexibility index (Phi) is 7.35. The summed E-state index contributed by atoms with van der Waals surface area (Å²) in [4.78, 5) is 11.0. The summed E-state index contributed by atoms with van der Waals surface area (Å²) in [6.07, 6.45) is 3.37. The number of carbonyl (C=O) groups is 1. The van der Waals surface area contributed by atoms with Crippen LogP contribution in [0.5, 0.6) is 0 Å². The van der Waals surface area contributed by atoms with Crippen molar-refractivity contribution in [3.63, 3.8) is 0 Å². The number of nitrogens with two attached hydrogens (primary N) is 1. The van der Waals surface area contributed by atoms with Crippen molar-refractivity contribution in [3.8, 4) is 0 Å². The largest absolute Gasteiger partial charge is 0.481 e. The number of hydrogen-bond acceptors (Lipinski definition) is 2. The van der Waals surface area contributed by atoms with E-state index < -0.39 is 11.9 Å². The second-order valence-electron chi connectivity index (χ2n) is 5.07. The van der Waals surface area contributed by atoms with Gasteiger partial charge in [0, 0.05) is 6.54 Å². The SMILES string of the molecule is CCC(CCc1ccc(Cl)c(Cl)c1)CC(CN)C(=O)O. The summed E-state index contributed by atoms with van der Waals surface area (Å²) in [7, 11) is 0. The van der Waals surface area contributed by atoms with Crippen LogP contribution in [0.1, 0.15) is 31.7 Å². The zero-order valence-electron chi connectivity index (χ0n) is 11.6. The molecular weight excluding hydrogens is 297 g/mol. The van der Waals surface area contributed by atoms with Gasteiger partial charge < -0.3 is 10.8 Å². The van der Waals surface area contributed by atoms with Gasteiger partial charge in [-0.3, -0.25) is 4.79 Å². The number of carboxylic acid groups (broad SMARTS) is 1. The number of aryl methyl sites for hydroxylation is 1. The van der Waals surface area contributed by atoms with Crippen molar-refractivity contribution < 1.29 is 9.90 Å². The Hall–Kier alpha value is -0.770. The average Bonchev–Trinajstić information content (AvgIpc) is 2.42. The summed E-state index contributed by atoms with van der Waals surface area (Å²) in [6, 6.07) is 5.62. The number of halogens is 2. The van der Waals surface area contributed by atoms with Crippen molar-refractivity contribution >= 4 is 29.2 Å². The van der Waals surface area contributed by atoms with E-state index in [4.69, 9.17) is 34.0 Å². The summed E-state index contributed by atoms with van der Waals surface area (Å²) >= 11 is 11.9. The molecule has 0 aliphatic heterocycles. The summed E-state index contributed by atoms with van der Waals surface area (Å²) in [5.74, 6) is -0.900. The van der Waals surface area contributed by atoms with Crippen molar-refractivity contribution in [1.82, 2.24) is 0 Å². The van der Waals surface area contributed by atoms with Gasteiger partial charge in [-0.15, -0.1) is 0 Å². The molecule has 0 fully saturated rings. The lowest BCUT2D eigenvalue weighted by molar-refractivity contribution is -0.142. The van der Waals surface area contributed by atoms with E-state index in [1.165, 1.54) is 0 Å². The van der Waals surface area contributed by atoms with E-state index in [0.29, 0.717) is 22.4 Å². The van der Waals surface area contributed by atoms with Crippen molar-refractivity contribution in [2.45, 2.75) is 32.6 Å². The smallest absolute Gasteiger partial charge is 0.307 e. The summed E-state index contributed by atoms with van der Waals surface area (Å²) in [5, 5.41) is 10.2. The minimum absolute atomic E-state index is 0.193. The van der Waals surface area contributed by atoms with Gasteiger partial charge in [0.25, 0.3) is 0 Å². The molecule has 1 aromatic rings. The van der Waals surface area contributed by atoms with Gasteiger partial charge in [0.2, 0.25) is 0 Å². The van der Waals surface area contributed by atoms with Crippen molar-refractivity contribution in [2.75, 3.05) is 6.54 Å². The third-order valence-electron chi connectivity index (χ3n) is 3.65. The van der Waals surface area contributed by atoms with E-state index in [1.807, 2.05) is 12.1 Å². The Morgan fingerprint density at radius 1 is 1.35 bits per heavy atom. The predicted octanol–water partition coefficient (Wildman–Crippen LogP) is 4.00. The van der Waals surface area contributed by atoms with E-state index in [9.17, 15) is 4.79 Å². The number of rotatable bonds is 8. The lowest BCUT2D eigenvalue weighted by atomic mass is 9.88. The monoisotopic (exact) mass is 317 g/mol. The maximum Gasteiger partial charge on any atom is 0.307 e. The second-order valence-corrected chi connectivity index (χ2v) is 5.88. The van der Waals surface area contributed by atoms with Crippen molar-refractivity contribution in [1.29, 1.82) is 0 Å². The van der Waals surface area contributed by atoms with Crippen LogP contribution in [-0.2, 0) is 11.2 Å². The number of benzene rings is 1. The Balaban J connectivity index is 2.56. The zero-order chi connectivity index (χ0) is 15.1. The highest BCUT2D eigenvalue weighted by atomic mass is 35.5. The van der Waals surface area contributed by atoms with Crippen LogP contribution in [0.25, 0.3) is 0 Å². The second kappa shape index (κ2) is 8.50. The van der Waals surface area contributed by atoms with E-state index >= 15 is 0 Å². The molecule has 1 rings (SSSR count). The molecule has 0 amide bonds. The van der Waals surface area contributed by atoms with Crippen LogP contribution in [0.3, 0.4) is 0 Å². The third-order valence-corrected chi connectivity index (χ3v) is 4.39. The fourth-order valence-corrected chi connectivity index (χ4v) is 2.58. The molecule has 1 aromatic carbocycles. The maximum absolute atomic E-state index is 11.0. The highest BCUT2D eigenvalue weighted by Gasteiger charge is 2.20. The molecular formula is C15H21Cl2NO2. The molecule has 0 saturated carbocycles. The summed E-state index contributed by atoms with van der Waals surface area (Å²) in [6.45, 7) is 2.27. The van der Waals surface area contributed by atoms with Gasteiger partial charge in [0.1, 0.15) is 0 Å². The normalized spacial score (nSPS) is 14.0. The molecule has 0 saturated heterocycles. The maximum atomic E-state index is 11.0. The van der Waals surface area contributed by atoms with Crippen LogP contribution >= 0.6 is 23.2 Å². The molecule has 0 radical (unpaired) electrons. The van der Waals surface area contributed by atoms with Gasteiger partial charge in [-0.2, -0.15) is 0 Å². The standard InChI is InChI=1S/C15H21Cl2NO2/c1-2-10(7-12(9-18)15(19)20)3-4-11-5-6-13(16)14(17)8-11/h5-6,8,10,12H,2-4,7,9,18H2,1H3,(H,19,20). The molecule has 2 unspecified atom stereocenters. The first-order chi connectivity index (χ1) is 9.47. The topological polar surface area (TPSA) is 63.3 Å². The first-order valence-corrected chi connectivity index (χ1v) is 7.60. The highest BCUT2D eigenvalue weighted by Crippen LogP contribution is 2.25. The predicted molar refractivity (Wildman–Crippen MR) is 83.4 cm³/mol. The van der Waals surface area contributed by atoms with Crippen LogP contribution in [-0.4, -0.2) is 17.6 Å². The van der Waals surface area contributed by atoms with Crippen LogP contribution in [0.2, 0.25) is 10.0 Å². The van der Waals surface area contributed by atoms with Gasteiger partial charge in [0.05, 0.1) is 16.0 Å². The van der Waals surface area contributed by atoms with E-state index in [1.54, 1.807) is 6.07 Å². The first-order valence-electron chi connectivity index (χ1n) is 6.84. The lowest BCUT2D eigenvalue weighted by Gasteiger charge is -2.19. The Morgan fingerprint density at radius 3 is 2.55 bits per heavy atom. The zero-order valence-corrected chi connectivity index (χ0v) is 13.1. The molecule has 0 aliphatic carbocycles. The van der Waals surface area contributed by atoms with Crippen molar-refractivity contribution in [2.24, 2.45) is 17.6 Å². The van der Waals surface area contributed by atoms with Gasteiger partial charge in [-0.1, -0.05) is 42.6 Å². The van der Waals surface area contributed by atoms with Gasteiger partial charge in [0.15, 0.2) is 0 Å². The molecule has 0 bridgehead atoms. The number of aliphatic carboxylic acids is 1. The lowest BCUT2D eigenvalue weighted by Crippen LogP contribution is -2.25. The fraction of sp³-hybridized carbons (Fsp3) is 0.533. The molecule has 3 nitrogen and oxygen atoms in total. The van der Waals surface area contributed by atoms with Gasteiger partial charge in [-0.05, 0) is 42.9 Å². The quantitative estimate of drug-likeness (QED) is 0.761. The van der Waals surface area contributed by atoms with E-state index in [0.717, 1.165) is 24.8 Å². The van der Waals surface area contributed by atoms with Crippen LogP contribution in [0.15, 0.2) is 18.2 Å². The molecule has 0 heterocycles. The van der Waals surface area contributed by atoms with Gasteiger partial charge >= 0.3 is 5.97 Å². The molecule has 0 aromatic heterocycles. The molecule has 0 aliphatic rings. The Bertz CT molecular complexity index is 451. The van der Waals surface area contributed by atoms with Crippen LogP contribution < -0.4 is 5.73 Å². The highest BCUT2D eigenvalue weighted by molar-refractivity contribution is 6.42. The third kappa shape index (κ3) is 5.31. The summed E-state index contributed by atoms with van der Waals surface area (Å²) in [5.41, 5.74) is 6.63. The average molecular weight is 318 g/mol. The Labute approximate surface area is 130 Å².